The smallest absolute Gasteiger partial charge is 0.152 e. The van der Waals surface area contributed by atoms with Gasteiger partial charge in [0.15, 0.2) is 5.82 Å². The summed E-state index contributed by atoms with van der Waals surface area (Å²) in [4.78, 5) is 6.39. The Morgan fingerprint density at radius 3 is 3.06 bits per heavy atom. The molecule has 0 aromatic carbocycles. The largest absolute Gasteiger partial charge is 0.378 e. The average Bonchev–Trinajstić information content (AvgIpc) is 2.82. The average molecular weight is 249 g/mol. The van der Waals surface area contributed by atoms with Crippen LogP contribution >= 0.6 is 0 Å². The monoisotopic (exact) mass is 249 g/mol. The second-order valence-electron chi connectivity index (χ2n) is 4.28. The summed E-state index contributed by atoms with van der Waals surface area (Å²) in [6.45, 7) is 3.10. The summed E-state index contributed by atoms with van der Waals surface area (Å²) < 4.78 is 7.30. The van der Waals surface area contributed by atoms with E-state index in [2.05, 4.69) is 20.3 Å². The maximum absolute atomic E-state index is 5.51. The molecule has 0 amide bonds. The second kappa shape index (κ2) is 6.32. The molecule has 98 valence electrons. The van der Waals surface area contributed by atoms with Crippen molar-refractivity contribution in [3.8, 4) is 0 Å². The number of anilines is 1. The molecule has 0 saturated carbocycles. The molecule has 0 aliphatic heterocycles. The van der Waals surface area contributed by atoms with Crippen LogP contribution in [0.1, 0.15) is 0 Å². The maximum Gasteiger partial charge on any atom is 0.152 e. The minimum atomic E-state index is 0.671. The predicted molar refractivity (Wildman–Crippen MR) is 70.8 cm³/mol. The van der Waals surface area contributed by atoms with Crippen molar-refractivity contribution in [3.63, 3.8) is 0 Å². The molecule has 2 rings (SSSR count). The first kappa shape index (κ1) is 12.8. The first-order chi connectivity index (χ1) is 8.77. The Balaban J connectivity index is 1.75. The zero-order valence-corrected chi connectivity index (χ0v) is 10.8. The van der Waals surface area contributed by atoms with Crippen molar-refractivity contribution in [2.24, 2.45) is 0 Å². The Morgan fingerprint density at radius 1 is 1.33 bits per heavy atom. The van der Waals surface area contributed by atoms with Gasteiger partial charge in [-0.25, -0.2) is 9.50 Å². The Kier molecular flexibility index (Phi) is 4.49. The van der Waals surface area contributed by atoms with E-state index in [0.717, 1.165) is 31.0 Å². The first-order valence-corrected chi connectivity index (χ1v) is 6.02. The van der Waals surface area contributed by atoms with Gasteiger partial charge in [0.05, 0.1) is 19.4 Å². The molecule has 2 aromatic heterocycles. The molecule has 0 aliphatic carbocycles. The first-order valence-electron chi connectivity index (χ1n) is 6.02. The molecule has 0 aliphatic rings. The summed E-state index contributed by atoms with van der Waals surface area (Å²) in [6.07, 6.45) is 5.32. The van der Waals surface area contributed by atoms with E-state index in [0.29, 0.717) is 6.61 Å². The van der Waals surface area contributed by atoms with Crippen LogP contribution in [0.3, 0.4) is 0 Å². The Bertz CT molecular complexity index is 482. The highest BCUT2D eigenvalue weighted by Crippen LogP contribution is 2.11. The van der Waals surface area contributed by atoms with Gasteiger partial charge in [0.1, 0.15) is 5.52 Å². The number of fused-ring (bicyclic) bond motifs is 1. The zero-order chi connectivity index (χ0) is 12.8. The SMILES string of the molecule is CN(C)CCOCCNc1nccn2nccc12. The number of rotatable bonds is 7. The highest BCUT2D eigenvalue weighted by molar-refractivity contribution is 5.66. The fraction of sp³-hybridized carbons (Fsp3) is 0.500. The zero-order valence-electron chi connectivity index (χ0n) is 10.8. The number of ether oxygens (including phenoxy) is 1. The van der Waals surface area contributed by atoms with Crippen molar-refractivity contribution in [3.05, 3.63) is 24.7 Å². The summed E-state index contributed by atoms with van der Waals surface area (Å²) in [7, 11) is 4.07. The number of nitrogens with zero attached hydrogens (tertiary/aromatic N) is 4. The van der Waals surface area contributed by atoms with Gasteiger partial charge >= 0.3 is 0 Å². The third kappa shape index (κ3) is 3.41. The van der Waals surface area contributed by atoms with Gasteiger partial charge in [0, 0.05) is 25.5 Å². The molecule has 0 bridgehead atoms. The maximum atomic E-state index is 5.51. The topological polar surface area (TPSA) is 54.7 Å². The van der Waals surface area contributed by atoms with Crippen LogP contribution in [0, 0.1) is 0 Å². The van der Waals surface area contributed by atoms with Crippen molar-refractivity contribution in [1.29, 1.82) is 0 Å². The van der Waals surface area contributed by atoms with E-state index in [9.17, 15) is 0 Å². The van der Waals surface area contributed by atoms with E-state index < -0.39 is 0 Å². The lowest BCUT2D eigenvalue weighted by Gasteiger charge is -2.10. The predicted octanol–water partition coefficient (Wildman–Crippen LogP) is 0.719. The molecule has 0 unspecified atom stereocenters. The van der Waals surface area contributed by atoms with Crippen molar-refractivity contribution < 1.29 is 4.74 Å². The van der Waals surface area contributed by atoms with Gasteiger partial charge in [0.2, 0.25) is 0 Å². The lowest BCUT2D eigenvalue weighted by molar-refractivity contribution is 0.126. The molecule has 0 spiro atoms. The highest BCUT2D eigenvalue weighted by atomic mass is 16.5. The molecule has 0 atom stereocenters. The van der Waals surface area contributed by atoms with E-state index in [4.69, 9.17) is 4.74 Å². The minimum absolute atomic E-state index is 0.671. The molecular weight excluding hydrogens is 230 g/mol. The minimum Gasteiger partial charge on any atom is -0.378 e. The van der Waals surface area contributed by atoms with Gasteiger partial charge in [-0.1, -0.05) is 0 Å². The second-order valence-corrected chi connectivity index (χ2v) is 4.28. The fourth-order valence-corrected chi connectivity index (χ4v) is 1.58. The number of hydrogen-bond acceptors (Lipinski definition) is 5. The Hall–Kier alpha value is -1.66. The van der Waals surface area contributed by atoms with Crippen LogP contribution in [-0.2, 0) is 4.74 Å². The molecule has 0 radical (unpaired) electrons. The van der Waals surface area contributed by atoms with Crippen LogP contribution in [0.2, 0.25) is 0 Å². The lowest BCUT2D eigenvalue weighted by Crippen LogP contribution is -2.20. The summed E-state index contributed by atoms with van der Waals surface area (Å²) in [5.41, 5.74) is 0.978. The normalized spacial score (nSPS) is 11.3. The third-order valence-electron chi connectivity index (χ3n) is 2.55. The van der Waals surface area contributed by atoms with Gasteiger partial charge in [0.25, 0.3) is 0 Å². The molecular formula is C12H19N5O. The Morgan fingerprint density at radius 2 is 2.22 bits per heavy atom. The van der Waals surface area contributed by atoms with Gasteiger partial charge in [-0.05, 0) is 20.2 Å². The summed E-state index contributed by atoms with van der Waals surface area (Å²) in [6, 6.07) is 1.93. The standard InChI is InChI=1S/C12H19N5O/c1-16(2)8-10-18-9-6-14-12-11-3-4-15-17(11)7-5-13-12/h3-5,7H,6,8-10H2,1-2H3,(H,13,14). The molecule has 0 fully saturated rings. The van der Waals surface area contributed by atoms with E-state index in [1.807, 2.05) is 26.4 Å². The number of hydrogen-bond donors (Lipinski definition) is 1. The van der Waals surface area contributed by atoms with E-state index >= 15 is 0 Å². The van der Waals surface area contributed by atoms with Crippen molar-refractivity contribution in [2.75, 3.05) is 45.7 Å². The van der Waals surface area contributed by atoms with Crippen molar-refractivity contribution in [2.45, 2.75) is 0 Å². The van der Waals surface area contributed by atoms with Crippen LogP contribution < -0.4 is 5.32 Å². The van der Waals surface area contributed by atoms with Gasteiger partial charge in [-0.2, -0.15) is 5.10 Å². The molecule has 2 aromatic rings. The van der Waals surface area contributed by atoms with Crippen LogP contribution in [0.25, 0.3) is 5.52 Å². The fourth-order valence-electron chi connectivity index (χ4n) is 1.58. The van der Waals surface area contributed by atoms with Crippen LogP contribution in [-0.4, -0.2) is 59.9 Å². The van der Waals surface area contributed by atoms with Gasteiger partial charge in [-0.3, -0.25) is 0 Å². The van der Waals surface area contributed by atoms with Crippen LogP contribution in [0.5, 0.6) is 0 Å². The van der Waals surface area contributed by atoms with Crippen molar-refractivity contribution >= 4 is 11.3 Å². The number of aromatic nitrogens is 3. The third-order valence-corrected chi connectivity index (χ3v) is 2.55. The van der Waals surface area contributed by atoms with Gasteiger partial charge < -0.3 is 15.0 Å². The summed E-state index contributed by atoms with van der Waals surface area (Å²) in [5, 5.41) is 7.41. The molecule has 6 nitrogen and oxygen atoms in total. The summed E-state index contributed by atoms with van der Waals surface area (Å²) >= 11 is 0. The quantitative estimate of drug-likeness (QED) is 0.733. The Labute approximate surface area is 107 Å². The molecule has 6 heteroatoms. The van der Waals surface area contributed by atoms with E-state index in [1.165, 1.54) is 0 Å². The molecule has 18 heavy (non-hydrogen) atoms. The number of likely N-dealkylation sites (N-methyl/N-ethyl adjacent to an activating group) is 1. The lowest BCUT2D eigenvalue weighted by atomic mass is 10.4. The van der Waals surface area contributed by atoms with Gasteiger partial charge in [-0.15, -0.1) is 0 Å². The summed E-state index contributed by atoms with van der Waals surface area (Å²) in [5.74, 6) is 0.839. The molecule has 1 N–H and O–H groups in total. The van der Waals surface area contributed by atoms with Crippen LogP contribution in [0.4, 0.5) is 5.82 Å². The number of nitrogens with one attached hydrogen (secondary N) is 1. The molecule has 0 saturated heterocycles. The highest BCUT2D eigenvalue weighted by Gasteiger charge is 2.01. The van der Waals surface area contributed by atoms with Crippen LogP contribution in [0.15, 0.2) is 24.7 Å². The molecule has 2 heterocycles. The van der Waals surface area contributed by atoms with E-state index in [-0.39, 0.29) is 0 Å². The van der Waals surface area contributed by atoms with Crippen molar-refractivity contribution in [1.82, 2.24) is 19.5 Å². The van der Waals surface area contributed by atoms with E-state index in [1.54, 1.807) is 16.9 Å².